The van der Waals surface area contributed by atoms with Crippen molar-refractivity contribution in [1.82, 2.24) is 4.90 Å². The predicted molar refractivity (Wildman–Crippen MR) is 63.9 cm³/mol. The monoisotopic (exact) mass is 253 g/mol. The van der Waals surface area contributed by atoms with Crippen LogP contribution in [-0.4, -0.2) is 43.5 Å². The molecule has 18 heavy (non-hydrogen) atoms. The number of ether oxygens (including phenoxy) is 2. The minimum absolute atomic E-state index is 0.0353. The van der Waals surface area contributed by atoms with Gasteiger partial charge < -0.3 is 14.4 Å². The summed E-state index contributed by atoms with van der Waals surface area (Å²) in [6.07, 6.45) is -1.64. The van der Waals surface area contributed by atoms with E-state index in [4.69, 9.17) is 9.47 Å². The molecule has 1 amide bonds. The standard InChI is InChI=1S/C13H16FNO3/c14-12-8-15(6-7-17-10-12)13(16)18-9-11-4-2-1-3-5-11/h1-5,12H,6-10H2. The van der Waals surface area contributed by atoms with Gasteiger partial charge in [0.2, 0.25) is 0 Å². The van der Waals surface area contributed by atoms with Crippen LogP contribution in [-0.2, 0) is 16.1 Å². The summed E-state index contributed by atoms with van der Waals surface area (Å²) in [6, 6.07) is 9.39. The molecule has 98 valence electrons. The average Bonchev–Trinajstić information content (AvgIpc) is 2.62. The molecule has 5 heteroatoms. The van der Waals surface area contributed by atoms with Gasteiger partial charge in [0.1, 0.15) is 12.8 Å². The molecule has 1 aromatic carbocycles. The Morgan fingerprint density at radius 3 is 3.00 bits per heavy atom. The highest BCUT2D eigenvalue weighted by molar-refractivity contribution is 5.67. The Hall–Kier alpha value is -1.62. The summed E-state index contributed by atoms with van der Waals surface area (Å²) >= 11 is 0. The Bertz CT molecular complexity index is 385. The lowest BCUT2D eigenvalue weighted by molar-refractivity contribution is 0.0908. The molecule has 2 rings (SSSR count). The molecule has 1 unspecified atom stereocenters. The Balaban J connectivity index is 1.83. The van der Waals surface area contributed by atoms with Gasteiger partial charge in [0.25, 0.3) is 0 Å². The summed E-state index contributed by atoms with van der Waals surface area (Å²) in [5.74, 6) is 0. The average molecular weight is 253 g/mol. The first-order valence-corrected chi connectivity index (χ1v) is 5.93. The van der Waals surface area contributed by atoms with E-state index in [2.05, 4.69) is 0 Å². The van der Waals surface area contributed by atoms with Crippen molar-refractivity contribution < 1.29 is 18.7 Å². The van der Waals surface area contributed by atoms with Crippen molar-refractivity contribution in [2.75, 3.05) is 26.3 Å². The maximum atomic E-state index is 13.2. The first-order valence-electron chi connectivity index (χ1n) is 5.93. The van der Waals surface area contributed by atoms with Crippen LogP contribution in [0.3, 0.4) is 0 Å². The molecule has 1 heterocycles. The Labute approximate surface area is 105 Å². The topological polar surface area (TPSA) is 38.8 Å². The zero-order valence-electron chi connectivity index (χ0n) is 10.0. The number of benzene rings is 1. The van der Waals surface area contributed by atoms with E-state index >= 15 is 0 Å². The largest absolute Gasteiger partial charge is 0.445 e. The minimum atomic E-state index is -1.14. The first kappa shape index (κ1) is 12.8. The fourth-order valence-corrected chi connectivity index (χ4v) is 1.75. The second-order valence-electron chi connectivity index (χ2n) is 4.16. The van der Waals surface area contributed by atoms with Crippen LogP contribution in [0.15, 0.2) is 30.3 Å². The molecule has 0 spiro atoms. The summed E-state index contributed by atoms with van der Waals surface area (Å²) < 4.78 is 23.4. The number of rotatable bonds is 2. The van der Waals surface area contributed by atoms with E-state index in [9.17, 15) is 9.18 Å². The van der Waals surface area contributed by atoms with E-state index in [0.29, 0.717) is 13.2 Å². The van der Waals surface area contributed by atoms with E-state index < -0.39 is 12.3 Å². The molecule has 0 saturated carbocycles. The van der Waals surface area contributed by atoms with Gasteiger partial charge in [-0.3, -0.25) is 0 Å². The number of halogens is 1. The number of nitrogens with zero attached hydrogens (tertiary/aromatic N) is 1. The van der Waals surface area contributed by atoms with Crippen molar-refractivity contribution in [2.24, 2.45) is 0 Å². The fourth-order valence-electron chi connectivity index (χ4n) is 1.75. The molecule has 0 N–H and O–H groups in total. The van der Waals surface area contributed by atoms with Crippen LogP contribution in [0.1, 0.15) is 5.56 Å². The zero-order chi connectivity index (χ0) is 12.8. The molecule has 1 aliphatic heterocycles. The summed E-state index contributed by atoms with van der Waals surface area (Å²) in [7, 11) is 0. The van der Waals surface area contributed by atoms with E-state index in [1.54, 1.807) is 0 Å². The maximum Gasteiger partial charge on any atom is 0.410 e. The van der Waals surface area contributed by atoms with E-state index in [0.717, 1.165) is 5.56 Å². The van der Waals surface area contributed by atoms with Crippen molar-refractivity contribution in [1.29, 1.82) is 0 Å². The molecular formula is C13H16FNO3. The van der Waals surface area contributed by atoms with Gasteiger partial charge in [0.05, 0.1) is 19.8 Å². The maximum absolute atomic E-state index is 13.2. The second kappa shape index (κ2) is 6.35. The number of hydrogen-bond acceptors (Lipinski definition) is 3. The summed E-state index contributed by atoms with van der Waals surface area (Å²) in [5, 5.41) is 0. The third-order valence-corrected chi connectivity index (χ3v) is 2.69. The minimum Gasteiger partial charge on any atom is -0.445 e. The van der Waals surface area contributed by atoms with Crippen molar-refractivity contribution in [3.05, 3.63) is 35.9 Å². The number of carbonyl (C=O) groups excluding carboxylic acids is 1. The third kappa shape index (κ3) is 3.70. The molecule has 0 aromatic heterocycles. The van der Waals surface area contributed by atoms with Crippen LogP contribution in [0, 0.1) is 0 Å². The van der Waals surface area contributed by atoms with Crippen LogP contribution in [0.2, 0.25) is 0 Å². The van der Waals surface area contributed by atoms with Crippen LogP contribution < -0.4 is 0 Å². The van der Waals surface area contributed by atoms with Gasteiger partial charge in [-0.2, -0.15) is 0 Å². The number of alkyl halides is 1. The van der Waals surface area contributed by atoms with E-state index in [1.165, 1.54) is 4.90 Å². The van der Waals surface area contributed by atoms with Crippen LogP contribution in [0.4, 0.5) is 9.18 Å². The molecule has 4 nitrogen and oxygen atoms in total. The highest BCUT2D eigenvalue weighted by atomic mass is 19.1. The Kier molecular flexibility index (Phi) is 4.52. The van der Waals surface area contributed by atoms with Crippen LogP contribution in [0.25, 0.3) is 0 Å². The molecule has 1 saturated heterocycles. The van der Waals surface area contributed by atoms with Crippen molar-refractivity contribution in [3.63, 3.8) is 0 Å². The molecule has 1 fully saturated rings. The quantitative estimate of drug-likeness (QED) is 0.809. The van der Waals surface area contributed by atoms with Gasteiger partial charge in [-0.1, -0.05) is 30.3 Å². The smallest absolute Gasteiger partial charge is 0.410 e. The zero-order valence-corrected chi connectivity index (χ0v) is 10.0. The van der Waals surface area contributed by atoms with Crippen LogP contribution >= 0.6 is 0 Å². The van der Waals surface area contributed by atoms with Gasteiger partial charge in [-0.25, -0.2) is 9.18 Å². The second-order valence-corrected chi connectivity index (χ2v) is 4.16. The van der Waals surface area contributed by atoms with Gasteiger partial charge >= 0.3 is 6.09 Å². The molecule has 1 aliphatic rings. The summed E-state index contributed by atoms with van der Waals surface area (Å²) in [5.41, 5.74) is 0.911. The highest BCUT2D eigenvalue weighted by Gasteiger charge is 2.22. The molecule has 1 aromatic rings. The molecular weight excluding hydrogens is 237 g/mol. The van der Waals surface area contributed by atoms with Gasteiger partial charge in [-0.05, 0) is 5.56 Å². The van der Waals surface area contributed by atoms with Crippen molar-refractivity contribution in [2.45, 2.75) is 12.8 Å². The van der Waals surface area contributed by atoms with Gasteiger partial charge in [0, 0.05) is 6.54 Å². The molecule has 0 bridgehead atoms. The first-order chi connectivity index (χ1) is 8.75. The predicted octanol–water partition coefficient (Wildman–Crippen LogP) is 1.99. The summed E-state index contributed by atoms with van der Waals surface area (Å²) in [4.78, 5) is 13.1. The highest BCUT2D eigenvalue weighted by Crippen LogP contribution is 2.07. The van der Waals surface area contributed by atoms with Crippen molar-refractivity contribution in [3.8, 4) is 0 Å². The van der Waals surface area contributed by atoms with Gasteiger partial charge in [0.15, 0.2) is 0 Å². The summed E-state index contributed by atoms with van der Waals surface area (Å²) in [6.45, 7) is 0.999. The lowest BCUT2D eigenvalue weighted by Crippen LogP contribution is -2.36. The number of hydrogen-bond donors (Lipinski definition) is 0. The number of amides is 1. The van der Waals surface area contributed by atoms with Crippen LogP contribution in [0.5, 0.6) is 0 Å². The lowest BCUT2D eigenvalue weighted by atomic mass is 10.2. The molecule has 0 aliphatic carbocycles. The lowest BCUT2D eigenvalue weighted by Gasteiger charge is -2.19. The van der Waals surface area contributed by atoms with Crippen molar-refractivity contribution >= 4 is 6.09 Å². The van der Waals surface area contributed by atoms with E-state index in [1.807, 2.05) is 30.3 Å². The van der Waals surface area contributed by atoms with Gasteiger partial charge in [-0.15, -0.1) is 0 Å². The van der Waals surface area contributed by atoms with E-state index in [-0.39, 0.29) is 19.8 Å². The Morgan fingerprint density at radius 2 is 2.22 bits per heavy atom. The normalized spacial score (nSPS) is 20.3. The molecule has 1 atom stereocenters. The fraction of sp³-hybridized carbons (Fsp3) is 0.462. The SMILES string of the molecule is O=C(OCc1ccccc1)N1CCOCC(F)C1. The Morgan fingerprint density at radius 1 is 1.44 bits per heavy atom. The third-order valence-electron chi connectivity index (χ3n) is 2.69. The number of carbonyl (C=O) groups is 1. The molecule has 0 radical (unpaired) electrons.